The van der Waals surface area contributed by atoms with Gasteiger partial charge in [0.15, 0.2) is 0 Å². The van der Waals surface area contributed by atoms with Crippen molar-refractivity contribution in [2.75, 3.05) is 10.7 Å². The number of rotatable bonds is 8. The molecule has 34 heavy (non-hydrogen) atoms. The molecule has 2 heterocycles. The van der Waals surface area contributed by atoms with Crippen molar-refractivity contribution in [3.05, 3.63) is 66.2 Å². The van der Waals surface area contributed by atoms with Crippen molar-refractivity contribution in [3.8, 4) is 11.1 Å². The van der Waals surface area contributed by atoms with E-state index in [-0.39, 0.29) is 17.9 Å². The Balaban J connectivity index is 1.44. The summed E-state index contributed by atoms with van der Waals surface area (Å²) in [5.41, 5.74) is 3.73. The minimum atomic E-state index is -4.48. The highest BCUT2D eigenvalue weighted by atomic mass is 19.4. The molecule has 0 bridgehead atoms. The van der Waals surface area contributed by atoms with Crippen molar-refractivity contribution in [2.24, 2.45) is 0 Å². The van der Waals surface area contributed by atoms with E-state index < -0.39 is 17.7 Å². The van der Waals surface area contributed by atoms with Gasteiger partial charge in [-0.1, -0.05) is 24.2 Å². The first-order valence-electron chi connectivity index (χ1n) is 10.8. The van der Waals surface area contributed by atoms with Crippen molar-refractivity contribution in [1.82, 2.24) is 20.1 Å². The molecule has 1 aliphatic carbocycles. The Bertz CT molecular complexity index is 1150. The van der Waals surface area contributed by atoms with E-state index in [4.69, 9.17) is 0 Å². The minimum Gasteiger partial charge on any atom is -0.326 e. The van der Waals surface area contributed by atoms with Crippen LogP contribution in [0.2, 0.25) is 0 Å². The van der Waals surface area contributed by atoms with Crippen molar-refractivity contribution >= 4 is 17.5 Å². The fraction of sp³-hybridized carbons (Fsp3) is 0.304. The van der Waals surface area contributed by atoms with Gasteiger partial charge in [-0.3, -0.25) is 20.4 Å². The molecule has 0 aliphatic heterocycles. The maximum absolute atomic E-state index is 13.0. The molecule has 11 heteroatoms. The Morgan fingerprint density at radius 1 is 1.18 bits per heavy atom. The summed E-state index contributed by atoms with van der Waals surface area (Å²) in [6, 6.07) is 9.18. The number of aromatic nitrogens is 3. The molecule has 0 radical (unpaired) electrons. The van der Waals surface area contributed by atoms with Gasteiger partial charge in [-0.05, 0) is 49.1 Å². The van der Waals surface area contributed by atoms with Crippen LogP contribution in [0.5, 0.6) is 0 Å². The van der Waals surface area contributed by atoms with E-state index in [0.29, 0.717) is 28.9 Å². The van der Waals surface area contributed by atoms with Crippen molar-refractivity contribution < 1.29 is 23.2 Å². The number of hydrazine groups is 1. The molecule has 8 nitrogen and oxygen atoms in total. The Hall–Kier alpha value is -3.57. The van der Waals surface area contributed by atoms with Gasteiger partial charge in [-0.15, -0.1) is 0 Å². The Morgan fingerprint density at radius 2 is 1.91 bits per heavy atom. The van der Waals surface area contributed by atoms with E-state index in [1.54, 1.807) is 30.3 Å². The first kappa shape index (κ1) is 23.6. The third-order valence-corrected chi connectivity index (χ3v) is 5.42. The maximum Gasteiger partial charge on any atom is 0.417 e. The van der Waals surface area contributed by atoms with E-state index in [9.17, 15) is 23.2 Å². The predicted octanol–water partition coefficient (Wildman–Crippen LogP) is 4.87. The number of anilines is 2. The predicted molar refractivity (Wildman–Crippen MR) is 119 cm³/mol. The fourth-order valence-electron chi connectivity index (χ4n) is 3.39. The molecule has 0 spiro atoms. The molecule has 1 unspecified atom stereocenters. The highest BCUT2D eigenvalue weighted by molar-refractivity contribution is 5.95. The number of hydroxylamine groups is 1. The summed E-state index contributed by atoms with van der Waals surface area (Å²) in [5, 5.41) is 13.7. The van der Waals surface area contributed by atoms with Crippen LogP contribution in [-0.2, 0) is 11.0 Å². The van der Waals surface area contributed by atoms with Crippen LogP contribution >= 0.6 is 0 Å². The van der Waals surface area contributed by atoms with Crippen LogP contribution in [-0.4, -0.2) is 37.3 Å². The molecule has 3 N–H and O–H groups in total. The molecule has 3 aromatic rings. The quantitative estimate of drug-likeness (QED) is 0.402. The smallest absolute Gasteiger partial charge is 0.326 e. The summed E-state index contributed by atoms with van der Waals surface area (Å²) in [6.45, 7) is 1.85. The number of carbonyl (C=O) groups excluding carboxylic acids is 1. The summed E-state index contributed by atoms with van der Waals surface area (Å²) in [5.74, 6) is -0.662. The van der Waals surface area contributed by atoms with Gasteiger partial charge in [0.25, 0.3) is 0 Å². The third kappa shape index (κ3) is 5.67. The molecule has 1 amide bonds. The van der Waals surface area contributed by atoms with Crippen molar-refractivity contribution in [3.63, 3.8) is 0 Å². The van der Waals surface area contributed by atoms with Crippen LogP contribution < -0.4 is 10.7 Å². The number of hydrogen-bond acceptors (Lipinski definition) is 7. The van der Waals surface area contributed by atoms with Crippen LogP contribution in [0.4, 0.5) is 24.8 Å². The lowest BCUT2D eigenvalue weighted by Gasteiger charge is -2.18. The van der Waals surface area contributed by atoms with Gasteiger partial charge in [-0.25, -0.2) is 9.97 Å². The van der Waals surface area contributed by atoms with Gasteiger partial charge in [0.1, 0.15) is 0 Å². The summed E-state index contributed by atoms with van der Waals surface area (Å²) in [6.07, 6.45) is 1.41. The van der Waals surface area contributed by atoms with Gasteiger partial charge in [0.05, 0.1) is 23.2 Å². The van der Waals surface area contributed by atoms with Crippen LogP contribution in [0.25, 0.3) is 11.1 Å². The lowest BCUT2D eigenvalue weighted by atomic mass is 10.0. The van der Waals surface area contributed by atoms with E-state index in [0.717, 1.165) is 30.3 Å². The van der Waals surface area contributed by atoms with Crippen molar-refractivity contribution in [1.29, 1.82) is 0 Å². The van der Waals surface area contributed by atoms with Crippen LogP contribution in [0.15, 0.2) is 55.0 Å². The lowest BCUT2D eigenvalue weighted by molar-refractivity contribution is -0.137. The molecular formula is C23H23F3N6O2. The van der Waals surface area contributed by atoms with Crippen molar-refractivity contribution in [2.45, 2.75) is 44.3 Å². The average molecular weight is 472 g/mol. The highest BCUT2D eigenvalue weighted by Crippen LogP contribution is 2.32. The van der Waals surface area contributed by atoms with Crippen LogP contribution in [0.3, 0.4) is 0 Å². The minimum absolute atomic E-state index is 0.0345. The number of benzene rings is 1. The number of nitrogens with one attached hydrogen (secondary N) is 2. The topological polar surface area (TPSA) is 103 Å². The Morgan fingerprint density at radius 3 is 2.56 bits per heavy atom. The highest BCUT2D eigenvalue weighted by Gasteiger charge is 2.31. The number of nitrogens with zero attached hydrogens (tertiary/aromatic N) is 4. The maximum atomic E-state index is 13.0. The fourth-order valence-corrected chi connectivity index (χ4v) is 3.39. The van der Waals surface area contributed by atoms with Gasteiger partial charge < -0.3 is 5.32 Å². The number of alkyl halides is 3. The normalized spacial score (nSPS) is 14.6. The zero-order chi connectivity index (χ0) is 24.3. The second kappa shape index (κ2) is 9.74. The first-order valence-corrected chi connectivity index (χ1v) is 10.8. The zero-order valence-electron chi connectivity index (χ0n) is 18.3. The number of amides is 1. The zero-order valence-corrected chi connectivity index (χ0v) is 18.3. The monoisotopic (exact) mass is 472 g/mol. The number of hydrogen-bond donors (Lipinski definition) is 3. The number of pyridine rings is 1. The van der Waals surface area contributed by atoms with Crippen LogP contribution in [0.1, 0.15) is 43.4 Å². The summed E-state index contributed by atoms with van der Waals surface area (Å²) >= 11 is 0. The number of halogens is 3. The van der Waals surface area contributed by atoms with Crippen LogP contribution in [0, 0.1) is 0 Å². The summed E-state index contributed by atoms with van der Waals surface area (Å²) in [4.78, 5) is 25.0. The largest absolute Gasteiger partial charge is 0.417 e. The molecule has 1 saturated carbocycles. The first-order chi connectivity index (χ1) is 16.2. The van der Waals surface area contributed by atoms with E-state index in [1.807, 2.05) is 6.92 Å². The van der Waals surface area contributed by atoms with Gasteiger partial charge >= 0.3 is 6.18 Å². The SMILES string of the molecule is CCC(C(=O)Nc1ccc(-c2cncc(C(F)(F)F)c2)cc1)c1ccnc(NN(O)C2CC2)n1. The third-order valence-electron chi connectivity index (χ3n) is 5.42. The lowest BCUT2D eigenvalue weighted by Crippen LogP contribution is -2.29. The molecule has 1 atom stereocenters. The molecule has 1 aliphatic rings. The molecule has 1 fully saturated rings. The van der Waals surface area contributed by atoms with E-state index in [2.05, 4.69) is 25.7 Å². The standard InChI is InChI=1S/C23H23F3N6O2/c1-2-19(20-9-10-28-22(30-20)31-32(34)18-7-8-18)21(33)29-17-5-3-14(4-6-17)15-11-16(13-27-12-15)23(24,25)26/h3-6,9-13,18-19,34H,2,7-8H2,1H3,(H,29,33)(H,28,30,31). The van der Waals surface area contributed by atoms with Gasteiger partial charge in [0.2, 0.25) is 11.9 Å². The second-order valence-electron chi connectivity index (χ2n) is 7.98. The molecule has 1 aromatic carbocycles. The molecule has 2 aromatic heterocycles. The molecular weight excluding hydrogens is 449 g/mol. The molecule has 0 saturated heterocycles. The average Bonchev–Trinajstić information content (AvgIpc) is 3.66. The summed E-state index contributed by atoms with van der Waals surface area (Å²) in [7, 11) is 0. The number of carbonyl (C=O) groups is 1. The Labute approximate surface area is 193 Å². The van der Waals surface area contributed by atoms with Gasteiger partial charge in [0, 0.05) is 29.8 Å². The van der Waals surface area contributed by atoms with Gasteiger partial charge in [-0.2, -0.15) is 13.2 Å². The second-order valence-corrected chi connectivity index (χ2v) is 7.98. The van der Waals surface area contributed by atoms with E-state index >= 15 is 0 Å². The summed E-state index contributed by atoms with van der Waals surface area (Å²) < 4.78 is 38.9. The Kier molecular flexibility index (Phi) is 6.75. The van der Waals surface area contributed by atoms with E-state index in [1.165, 1.54) is 12.4 Å². The molecule has 4 rings (SSSR count). The molecule has 178 valence electrons.